The molecule has 0 bridgehead atoms. The summed E-state index contributed by atoms with van der Waals surface area (Å²) in [6, 6.07) is 32.0. The van der Waals surface area contributed by atoms with Crippen LogP contribution < -0.4 is 4.90 Å². The molecule has 1 N–H and O–H groups in total. The standard InChI is InChI=1S/C42H41N3O/c1-25-21-26(2)39(27(3)22-25)30-15-18-37(46)40-31(30)14-17-34(44-40)28-13-16-33-36(23-28)45(35-12-10-9-11-32(35)42(33,7)8)38-24-29(19-20-43-38)41(4,5)6/h9-24,46H,1-8H3. The van der Waals surface area contributed by atoms with Gasteiger partial charge in [-0.1, -0.05) is 82.6 Å². The summed E-state index contributed by atoms with van der Waals surface area (Å²) in [5, 5.41) is 12.0. The lowest BCUT2D eigenvalue weighted by molar-refractivity contribution is 0.480. The molecule has 1 aliphatic heterocycles. The van der Waals surface area contributed by atoms with Gasteiger partial charge in [0.05, 0.1) is 17.1 Å². The number of rotatable bonds is 3. The molecule has 4 heteroatoms. The Hall–Kier alpha value is -4.96. The number of hydrogen-bond donors (Lipinski definition) is 1. The molecule has 3 heterocycles. The number of phenols is 1. The predicted octanol–water partition coefficient (Wildman–Crippen LogP) is 11.0. The van der Waals surface area contributed by atoms with E-state index in [-0.39, 0.29) is 16.6 Å². The van der Waals surface area contributed by atoms with Crippen molar-refractivity contribution in [2.45, 2.75) is 66.2 Å². The molecule has 0 saturated heterocycles. The number of hydrogen-bond acceptors (Lipinski definition) is 4. The van der Waals surface area contributed by atoms with Gasteiger partial charge in [0, 0.05) is 22.6 Å². The number of phenolic OH excluding ortho intramolecular Hbond substituents is 1. The lowest BCUT2D eigenvalue weighted by Gasteiger charge is -2.42. The second kappa shape index (κ2) is 10.6. The molecule has 0 fully saturated rings. The van der Waals surface area contributed by atoms with E-state index >= 15 is 0 Å². The Balaban J connectivity index is 1.42. The van der Waals surface area contributed by atoms with E-state index in [0.29, 0.717) is 5.52 Å². The Bertz CT molecular complexity index is 2150. The Kier molecular flexibility index (Phi) is 6.82. The van der Waals surface area contributed by atoms with Crippen LogP contribution in [0.5, 0.6) is 5.75 Å². The lowest BCUT2D eigenvalue weighted by atomic mass is 9.73. The van der Waals surface area contributed by atoms with Gasteiger partial charge in [0.1, 0.15) is 17.1 Å². The highest BCUT2D eigenvalue weighted by atomic mass is 16.3. The summed E-state index contributed by atoms with van der Waals surface area (Å²) in [6.07, 6.45) is 1.92. The average molecular weight is 604 g/mol. The first-order valence-corrected chi connectivity index (χ1v) is 16.1. The SMILES string of the molecule is Cc1cc(C)c(-c2ccc(O)c3nc(-c4ccc5c(c4)N(c4cc(C(C)(C)C)ccn4)c4ccccc4C5(C)C)ccc23)c(C)c1. The second-order valence-corrected chi connectivity index (χ2v) is 14.4. The van der Waals surface area contributed by atoms with Gasteiger partial charge in [-0.25, -0.2) is 9.97 Å². The van der Waals surface area contributed by atoms with Crippen LogP contribution in [0.1, 0.15) is 68.0 Å². The van der Waals surface area contributed by atoms with E-state index in [1.165, 1.54) is 38.9 Å². The summed E-state index contributed by atoms with van der Waals surface area (Å²) in [6.45, 7) is 17.7. The molecule has 4 aromatic carbocycles. The molecule has 6 aromatic rings. The third kappa shape index (κ3) is 4.75. The van der Waals surface area contributed by atoms with Gasteiger partial charge in [0.2, 0.25) is 0 Å². The fourth-order valence-corrected chi connectivity index (χ4v) is 7.32. The number of aryl methyl sites for hydroxylation is 3. The fraction of sp³-hybridized carbons (Fsp3) is 0.238. The van der Waals surface area contributed by atoms with E-state index in [2.05, 4.69) is 139 Å². The third-order valence-corrected chi connectivity index (χ3v) is 9.65. The first kappa shape index (κ1) is 29.7. The van der Waals surface area contributed by atoms with Crippen LogP contribution in [0.4, 0.5) is 17.2 Å². The zero-order valence-corrected chi connectivity index (χ0v) is 28.0. The molecule has 0 saturated carbocycles. The van der Waals surface area contributed by atoms with Gasteiger partial charge in [-0.3, -0.25) is 4.90 Å². The number of benzene rings is 4. The molecular weight excluding hydrogens is 562 g/mol. The maximum Gasteiger partial charge on any atom is 0.141 e. The Labute approximate surface area is 272 Å². The highest BCUT2D eigenvalue weighted by molar-refractivity contribution is 6.00. The van der Waals surface area contributed by atoms with Crippen molar-refractivity contribution in [2.24, 2.45) is 0 Å². The number of pyridine rings is 2. The van der Waals surface area contributed by atoms with Gasteiger partial charge < -0.3 is 5.11 Å². The van der Waals surface area contributed by atoms with E-state index in [1.54, 1.807) is 6.07 Å². The zero-order chi connectivity index (χ0) is 32.5. The Morgan fingerprint density at radius 2 is 1.46 bits per heavy atom. The largest absolute Gasteiger partial charge is 0.506 e. The van der Waals surface area contributed by atoms with E-state index < -0.39 is 0 Å². The normalized spacial score (nSPS) is 13.9. The van der Waals surface area contributed by atoms with Crippen LogP contribution in [0.15, 0.2) is 97.2 Å². The van der Waals surface area contributed by atoms with Crippen LogP contribution in [0.2, 0.25) is 0 Å². The predicted molar refractivity (Wildman–Crippen MR) is 192 cm³/mol. The molecule has 230 valence electrons. The zero-order valence-electron chi connectivity index (χ0n) is 28.0. The van der Waals surface area contributed by atoms with Crippen LogP contribution in [0.25, 0.3) is 33.3 Å². The molecule has 7 rings (SSSR count). The molecule has 46 heavy (non-hydrogen) atoms. The van der Waals surface area contributed by atoms with E-state index in [0.717, 1.165) is 39.4 Å². The monoisotopic (exact) mass is 603 g/mol. The molecule has 1 aliphatic rings. The Morgan fingerprint density at radius 3 is 2.20 bits per heavy atom. The summed E-state index contributed by atoms with van der Waals surface area (Å²) >= 11 is 0. The van der Waals surface area contributed by atoms with Crippen molar-refractivity contribution in [3.8, 4) is 28.1 Å². The number of aromatic nitrogens is 2. The first-order valence-electron chi connectivity index (χ1n) is 16.1. The van der Waals surface area contributed by atoms with Crippen molar-refractivity contribution in [3.05, 3.63) is 131 Å². The van der Waals surface area contributed by atoms with Crippen LogP contribution >= 0.6 is 0 Å². The lowest BCUT2D eigenvalue weighted by Crippen LogP contribution is -2.31. The van der Waals surface area contributed by atoms with E-state index in [4.69, 9.17) is 9.97 Å². The van der Waals surface area contributed by atoms with Gasteiger partial charge in [0.25, 0.3) is 0 Å². The van der Waals surface area contributed by atoms with Gasteiger partial charge in [-0.05, 0) is 114 Å². The van der Waals surface area contributed by atoms with E-state index in [9.17, 15) is 5.11 Å². The van der Waals surface area contributed by atoms with Gasteiger partial charge in [0.15, 0.2) is 0 Å². The smallest absolute Gasteiger partial charge is 0.141 e. The van der Waals surface area contributed by atoms with Crippen molar-refractivity contribution in [3.63, 3.8) is 0 Å². The minimum absolute atomic E-state index is 0.0114. The summed E-state index contributed by atoms with van der Waals surface area (Å²) in [7, 11) is 0. The molecule has 0 aliphatic carbocycles. The van der Waals surface area contributed by atoms with Gasteiger partial charge in [-0.15, -0.1) is 0 Å². The average Bonchev–Trinajstić information content (AvgIpc) is 3.01. The minimum Gasteiger partial charge on any atom is -0.506 e. The van der Waals surface area contributed by atoms with Gasteiger partial charge >= 0.3 is 0 Å². The van der Waals surface area contributed by atoms with Crippen molar-refractivity contribution in [2.75, 3.05) is 4.90 Å². The molecule has 0 unspecified atom stereocenters. The summed E-state index contributed by atoms with van der Waals surface area (Å²) < 4.78 is 0. The molecular formula is C42H41N3O. The Morgan fingerprint density at radius 1 is 0.739 bits per heavy atom. The van der Waals surface area contributed by atoms with Crippen molar-refractivity contribution in [1.82, 2.24) is 9.97 Å². The van der Waals surface area contributed by atoms with Crippen molar-refractivity contribution in [1.29, 1.82) is 0 Å². The number of fused-ring (bicyclic) bond motifs is 3. The molecule has 0 atom stereocenters. The summed E-state index contributed by atoms with van der Waals surface area (Å²) in [4.78, 5) is 12.3. The molecule has 0 radical (unpaired) electrons. The molecule has 4 nitrogen and oxygen atoms in total. The highest BCUT2D eigenvalue weighted by Gasteiger charge is 2.37. The number of anilines is 3. The van der Waals surface area contributed by atoms with Crippen molar-refractivity contribution < 1.29 is 5.11 Å². The second-order valence-electron chi connectivity index (χ2n) is 14.4. The summed E-state index contributed by atoms with van der Waals surface area (Å²) in [5.41, 5.74) is 14.1. The highest BCUT2D eigenvalue weighted by Crippen LogP contribution is 2.52. The van der Waals surface area contributed by atoms with Crippen LogP contribution in [-0.2, 0) is 10.8 Å². The van der Waals surface area contributed by atoms with Crippen LogP contribution in [0, 0.1) is 20.8 Å². The molecule has 0 spiro atoms. The number of aromatic hydroxyl groups is 1. The first-order chi connectivity index (χ1) is 21.8. The van der Waals surface area contributed by atoms with Crippen LogP contribution in [-0.4, -0.2) is 15.1 Å². The minimum atomic E-state index is -0.212. The molecule has 0 amide bonds. The number of nitrogens with zero attached hydrogens (tertiary/aromatic N) is 3. The maximum atomic E-state index is 11.1. The molecule has 2 aromatic heterocycles. The van der Waals surface area contributed by atoms with Crippen LogP contribution in [0.3, 0.4) is 0 Å². The maximum absolute atomic E-state index is 11.1. The topological polar surface area (TPSA) is 49.3 Å². The quantitative estimate of drug-likeness (QED) is 0.219. The van der Waals surface area contributed by atoms with Crippen molar-refractivity contribution >= 4 is 28.1 Å². The van der Waals surface area contributed by atoms with Gasteiger partial charge in [-0.2, -0.15) is 0 Å². The summed E-state index contributed by atoms with van der Waals surface area (Å²) in [5.74, 6) is 1.08. The third-order valence-electron chi connectivity index (χ3n) is 9.65. The number of para-hydroxylation sites is 1. The van der Waals surface area contributed by atoms with E-state index in [1.807, 2.05) is 12.3 Å². The fourth-order valence-electron chi connectivity index (χ4n) is 7.32.